The Labute approximate surface area is 211 Å². The van der Waals surface area contributed by atoms with Crippen molar-refractivity contribution in [1.29, 1.82) is 0 Å². The number of hydrogen-bond donors (Lipinski definition) is 0. The maximum Gasteiger partial charge on any atom is 0.263 e. The Bertz CT molecular complexity index is 1120. The number of anilines is 1. The molecule has 184 valence electrons. The summed E-state index contributed by atoms with van der Waals surface area (Å²) in [5, 5.41) is 0.616. The van der Waals surface area contributed by atoms with E-state index in [2.05, 4.69) is 16.7 Å². The van der Waals surface area contributed by atoms with Gasteiger partial charge in [-0.05, 0) is 68.4 Å². The van der Waals surface area contributed by atoms with Crippen molar-refractivity contribution in [2.45, 2.75) is 58.0 Å². The van der Waals surface area contributed by atoms with Crippen LogP contribution < -0.4 is 4.90 Å². The predicted octanol–water partition coefficient (Wildman–Crippen LogP) is 5.14. The molecule has 0 N–H and O–H groups in total. The summed E-state index contributed by atoms with van der Waals surface area (Å²) in [4.78, 5) is 45.4. The number of carbonyl (C=O) groups excluding carboxylic acids is 3. The fourth-order valence-corrected chi connectivity index (χ4v) is 5.94. The molecule has 3 heterocycles. The maximum atomic E-state index is 13.4. The average molecular weight is 494 g/mol. The van der Waals surface area contributed by atoms with Gasteiger partial charge in [-0.25, -0.2) is 0 Å². The molecule has 2 saturated heterocycles. The second kappa shape index (κ2) is 10.0. The minimum absolute atomic E-state index is 0.0360. The Hall–Kier alpha value is -2.86. The first-order valence-corrected chi connectivity index (χ1v) is 13.1. The molecule has 3 aliphatic rings. The van der Waals surface area contributed by atoms with E-state index in [9.17, 15) is 14.4 Å². The molecule has 0 bridgehead atoms. The van der Waals surface area contributed by atoms with Gasteiger partial charge in [-0.3, -0.25) is 19.3 Å². The van der Waals surface area contributed by atoms with E-state index < -0.39 is 0 Å². The third kappa shape index (κ3) is 4.56. The van der Waals surface area contributed by atoms with E-state index in [0.717, 1.165) is 49.9 Å². The van der Waals surface area contributed by atoms with E-state index in [1.807, 2.05) is 24.3 Å². The summed E-state index contributed by atoms with van der Waals surface area (Å²) < 4.78 is 0. The van der Waals surface area contributed by atoms with Crippen LogP contribution in [0.15, 0.2) is 42.5 Å². The van der Waals surface area contributed by atoms with Gasteiger partial charge in [0.1, 0.15) is 0 Å². The van der Waals surface area contributed by atoms with Crippen molar-refractivity contribution < 1.29 is 14.4 Å². The smallest absolute Gasteiger partial charge is 0.263 e. The van der Waals surface area contributed by atoms with E-state index in [-0.39, 0.29) is 24.3 Å². The molecule has 0 radical (unpaired) electrons. The van der Waals surface area contributed by atoms with E-state index >= 15 is 0 Å². The van der Waals surface area contributed by atoms with E-state index in [4.69, 9.17) is 11.6 Å². The monoisotopic (exact) mass is 493 g/mol. The summed E-state index contributed by atoms with van der Waals surface area (Å²) in [5.41, 5.74) is 2.60. The van der Waals surface area contributed by atoms with Crippen molar-refractivity contribution >= 4 is 35.0 Å². The topological polar surface area (TPSA) is 60.9 Å². The number of amides is 3. The van der Waals surface area contributed by atoms with Crippen LogP contribution in [0.2, 0.25) is 5.02 Å². The number of halogens is 1. The Balaban J connectivity index is 1.29. The lowest BCUT2D eigenvalue weighted by Gasteiger charge is -2.40. The lowest BCUT2D eigenvalue weighted by Crippen LogP contribution is -2.48. The molecule has 3 aliphatic heterocycles. The molecular weight excluding hydrogens is 462 g/mol. The number of carbonyl (C=O) groups is 3. The van der Waals surface area contributed by atoms with Gasteiger partial charge >= 0.3 is 0 Å². The number of hydrogen-bond acceptors (Lipinski definition) is 4. The number of benzene rings is 2. The minimum Gasteiger partial charge on any atom is -0.371 e. The highest BCUT2D eigenvalue weighted by Gasteiger charge is 2.39. The summed E-state index contributed by atoms with van der Waals surface area (Å²) in [5.74, 6) is -0.181. The molecule has 2 fully saturated rings. The summed E-state index contributed by atoms with van der Waals surface area (Å²) in [7, 11) is 0. The number of piperidine rings is 2. The van der Waals surface area contributed by atoms with Crippen molar-refractivity contribution in [3.8, 4) is 0 Å². The van der Waals surface area contributed by atoms with Gasteiger partial charge < -0.3 is 9.80 Å². The van der Waals surface area contributed by atoms with Gasteiger partial charge in [0, 0.05) is 36.6 Å². The van der Waals surface area contributed by atoms with Crippen LogP contribution in [0.25, 0.3) is 0 Å². The zero-order valence-electron chi connectivity index (χ0n) is 20.2. The number of likely N-dealkylation sites (tertiary alicyclic amines) is 1. The second-order valence-corrected chi connectivity index (χ2v) is 10.3. The van der Waals surface area contributed by atoms with Crippen LogP contribution in [0.3, 0.4) is 0 Å². The molecule has 1 atom stereocenters. The zero-order valence-corrected chi connectivity index (χ0v) is 21.0. The van der Waals surface area contributed by atoms with Gasteiger partial charge in [-0.15, -0.1) is 0 Å². The highest BCUT2D eigenvalue weighted by Crippen LogP contribution is 2.35. The minimum atomic E-state index is -0.262. The standard InChI is InChI=1S/C28H32ClN3O3/c1-2-22-6-3-4-15-31(22)26(33)20-13-16-30(17-14-20)24-8-5-7-23-25(24)28(35)32(27(23)34)18-19-9-11-21(29)12-10-19/h5,7-12,20,22H,2-4,6,13-18H2,1H3. The Morgan fingerprint density at radius 2 is 1.69 bits per heavy atom. The molecule has 7 heteroatoms. The molecule has 0 saturated carbocycles. The fourth-order valence-electron chi connectivity index (χ4n) is 5.81. The van der Waals surface area contributed by atoms with Crippen molar-refractivity contribution in [3.63, 3.8) is 0 Å². The lowest BCUT2D eigenvalue weighted by atomic mass is 9.91. The molecule has 3 amide bonds. The van der Waals surface area contributed by atoms with Gasteiger partial charge in [0.15, 0.2) is 0 Å². The molecule has 2 aromatic rings. The Morgan fingerprint density at radius 1 is 0.943 bits per heavy atom. The first-order valence-electron chi connectivity index (χ1n) is 12.8. The summed E-state index contributed by atoms with van der Waals surface area (Å²) in [6.07, 6.45) is 5.98. The number of imide groups is 1. The molecule has 1 unspecified atom stereocenters. The lowest BCUT2D eigenvalue weighted by molar-refractivity contribution is -0.140. The van der Waals surface area contributed by atoms with E-state index in [1.54, 1.807) is 18.2 Å². The quantitative estimate of drug-likeness (QED) is 0.541. The van der Waals surface area contributed by atoms with Crippen LogP contribution in [-0.4, -0.2) is 53.2 Å². The van der Waals surface area contributed by atoms with Crippen LogP contribution in [0.5, 0.6) is 0 Å². The number of nitrogens with zero attached hydrogens (tertiary/aromatic N) is 3. The fraction of sp³-hybridized carbons (Fsp3) is 0.464. The van der Waals surface area contributed by atoms with Crippen molar-refractivity contribution in [2.75, 3.05) is 24.5 Å². The first kappa shape index (κ1) is 23.9. The van der Waals surface area contributed by atoms with E-state index in [1.165, 1.54) is 11.3 Å². The highest BCUT2D eigenvalue weighted by atomic mass is 35.5. The van der Waals surface area contributed by atoms with Crippen LogP contribution in [0.1, 0.15) is 71.7 Å². The van der Waals surface area contributed by atoms with E-state index in [0.29, 0.717) is 41.2 Å². The molecule has 35 heavy (non-hydrogen) atoms. The third-order valence-corrected chi connectivity index (χ3v) is 8.05. The van der Waals surface area contributed by atoms with Crippen LogP contribution in [-0.2, 0) is 11.3 Å². The molecule has 0 aromatic heterocycles. The summed E-state index contributed by atoms with van der Waals surface area (Å²) in [6, 6.07) is 13.1. The van der Waals surface area contributed by atoms with Gasteiger partial charge in [0.05, 0.1) is 23.4 Å². The molecule has 2 aromatic carbocycles. The van der Waals surface area contributed by atoms with Crippen LogP contribution >= 0.6 is 11.6 Å². The van der Waals surface area contributed by atoms with Crippen molar-refractivity contribution in [2.24, 2.45) is 5.92 Å². The zero-order chi connectivity index (χ0) is 24.5. The Kier molecular flexibility index (Phi) is 6.83. The second-order valence-electron chi connectivity index (χ2n) is 9.87. The molecule has 0 aliphatic carbocycles. The SMILES string of the molecule is CCC1CCCCN1C(=O)C1CCN(c2cccc3c2C(=O)N(Cc2ccc(Cl)cc2)C3=O)CC1. The third-order valence-electron chi connectivity index (χ3n) is 7.80. The van der Waals surface area contributed by atoms with Gasteiger partial charge in [-0.2, -0.15) is 0 Å². The van der Waals surface area contributed by atoms with Crippen LogP contribution in [0, 0.1) is 5.92 Å². The van der Waals surface area contributed by atoms with Gasteiger partial charge in [0.2, 0.25) is 5.91 Å². The molecular formula is C28H32ClN3O3. The first-order chi connectivity index (χ1) is 17.0. The largest absolute Gasteiger partial charge is 0.371 e. The summed E-state index contributed by atoms with van der Waals surface area (Å²) >= 11 is 5.98. The number of fused-ring (bicyclic) bond motifs is 1. The molecule has 5 rings (SSSR count). The highest BCUT2D eigenvalue weighted by molar-refractivity contribution is 6.30. The van der Waals surface area contributed by atoms with Crippen molar-refractivity contribution in [3.05, 3.63) is 64.2 Å². The molecule has 0 spiro atoms. The predicted molar refractivity (Wildman–Crippen MR) is 137 cm³/mol. The summed E-state index contributed by atoms with van der Waals surface area (Å²) in [6.45, 7) is 4.67. The van der Waals surface area contributed by atoms with Crippen LogP contribution in [0.4, 0.5) is 5.69 Å². The van der Waals surface area contributed by atoms with Gasteiger partial charge in [0.25, 0.3) is 11.8 Å². The normalized spacial score (nSPS) is 21.0. The van der Waals surface area contributed by atoms with Crippen molar-refractivity contribution in [1.82, 2.24) is 9.80 Å². The maximum absolute atomic E-state index is 13.4. The van der Waals surface area contributed by atoms with Gasteiger partial charge in [-0.1, -0.05) is 36.7 Å². The average Bonchev–Trinajstić information content (AvgIpc) is 3.14. The molecule has 6 nitrogen and oxygen atoms in total. The Morgan fingerprint density at radius 3 is 2.40 bits per heavy atom. The number of rotatable bonds is 5.